The monoisotopic (exact) mass is 244 g/mol. The number of rotatable bonds is 6. The second kappa shape index (κ2) is 7.33. The molecule has 0 aliphatic carbocycles. The van der Waals surface area contributed by atoms with Gasteiger partial charge in [-0.2, -0.15) is 0 Å². The highest BCUT2D eigenvalue weighted by Crippen LogP contribution is 2.20. The van der Waals surface area contributed by atoms with Crippen molar-refractivity contribution < 1.29 is 9.59 Å². The lowest BCUT2D eigenvalue weighted by molar-refractivity contribution is 0.560. The Kier molecular flexibility index (Phi) is 5.72. The Balaban J connectivity index is 2.72. The molecule has 1 rings (SSSR count). The summed E-state index contributed by atoms with van der Waals surface area (Å²) in [6, 6.07) is 8.06. The van der Waals surface area contributed by atoms with Crippen molar-refractivity contribution in [3.8, 4) is 0 Å². The topological polar surface area (TPSA) is 58.9 Å². The van der Waals surface area contributed by atoms with Crippen molar-refractivity contribution >= 4 is 12.2 Å². The molecule has 4 heteroatoms. The minimum absolute atomic E-state index is 0.198. The fraction of sp³-hybridized carbons (Fsp3) is 0.429. The number of benzene rings is 1. The molecule has 18 heavy (non-hydrogen) atoms. The zero-order valence-corrected chi connectivity index (χ0v) is 10.6. The molecule has 1 aromatic carbocycles. The van der Waals surface area contributed by atoms with Crippen molar-refractivity contribution in [3.05, 3.63) is 35.4 Å². The lowest BCUT2D eigenvalue weighted by Crippen LogP contribution is -2.00. The Bertz CT molecular complexity index is 424. The average molecular weight is 244 g/mol. The van der Waals surface area contributed by atoms with E-state index >= 15 is 0 Å². The lowest BCUT2D eigenvalue weighted by atomic mass is 9.95. The van der Waals surface area contributed by atoms with Gasteiger partial charge in [0, 0.05) is 11.8 Å². The fourth-order valence-corrected chi connectivity index (χ4v) is 1.71. The molecule has 0 bridgehead atoms. The maximum Gasteiger partial charge on any atom is 0.234 e. The zero-order chi connectivity index (χ0) is 13.4. The third kappa shape index (κ3) is 4.10. The van der Waals surface area contributed by atoms with Crippen molar-refractivity contribution in [1.29, 1.82) is 0 Å². The van der Waals surface area contributed by atoms with Gasteiger partial charge in [0.2, 0.25) is 12.2 Å². The van der Waals surface area contributed by atoms with Crippen LogP contribution < -0.4 is 0 Å². The Morgan fingerprint density at radius 3 is 1.50 bits per heavy atom. The van der Waals surface area contributed by atoms with Crippen molar-refractivity contribution in [3.63, 3.8) is 0 Å². The second-order valence-electron chi connectivity index (χ2n) is 4.33. The van der Waals surface area contributed by atoms with Gasteiger partial charge in [-0.1, -0.05) is 38.1 Å². The second-order valence-corrected chi connectivity index (χ2v) is 4.33. The third-order valence-corrected chi connectivity index (χ3v) is 2.93. The highest BCUT2D eigenvalue weighted by molar-refractivity contribution is 5.34. The van der Waals surface area contributed by atoms with E-state index in [4.69, 9.17) is 0 Å². The Labute approximate surface area is 106 Å². The fourth-order valence-electron chi connectivity index (χ4n) is 1.71. The van der Waals surface area contributed by atoms with Crippen LogP contribution in [-0.2, 0) is 9.59 Å². The van der Waals surface area contributed by atoms with Gasteiger partial charge >= 0.3 is 0 Å². The predicted octanol–water partition coefficient (Wildman–Crippen LogP) is 2.57. The van der Waals surface area contributed by atoms with Gasteiger partial charge in [-0.05, 0) is 11.1 Å². The molecule has 0 amide bonds. The standard InChI is InChI=1S/C14H16N2O2/c1-11(7-15-9-17)13-3-5-14(6-4-13)12(2)8-16-10-18/h3-6,11-12H,7-8H2,1-2H3. The van der Waals surface area contributed by atoms with E-state index in [2.05, 4.69) is 9.98 Å². The maximum absolute atomic E-state index is 10.1. The first-order valence-corrected chi connectivity index (χ1v) is 5.86. The quantitative estimate of drug-likeness (QED) is 0.570. The third-order valence-electron chi connectivity index (χ3n) is 2.93. The molecule has 2 atom stereocenters. The molecule has 0 aliphatic rings. The van der Waals surface area contributed by atoms with Crippen LogP contribution in [0.3, 0.4) is 0 Å². The van der Waals surface area contributed by atoms with E-state index in [9.17, 15) is 9.59 Å². The Hall–Kier alpha value is -2.02. The van der Waals surface area contributed by atoms with Crippen LogP contribution in [0, 0.1) is 0 Å². The van der Waals surface area contributed by atoms with Crippen LogP contribution >= 0.6 is 0 Å². The summed E-state index contributed by atoms with van der Waals surface area (Å²) in [7, 11) is 0. The SMILES string of the molecule is CC(CN=C=O)c1ccc(C(C)CN=C=O)cc1. The van der Waals surface area contributed by atoms with Crippen LogP contribution in [0.25, 0.3) is 0 Å². The molecule has 0 aliphatic heterocycles. The molecule has 4 nitrogen and oxygen atoms in total. The van der Waals surface area contributed by atoms with E-state index < -0.39 is 0 Å². The molecule has 0 radical (unpaired) electrons. The molecule has 94 valence electrons. The van der Waals surface area contributed by atoms with Crippen molar-refractivity contribution in [2.45, 2.75) is 25.7 Å². The molecular formula is C14H16N2O2. The molecule has 1 aromatic rings. The van der Waals surface area contributed by atoms with Crippen LogP contribution in [0.15, 0.2) is 34.3 Å². The highest BCUT2D eigenvalue weighted by atomic mass is 16.1. The molecule has 0 aromatic heterocycles. The van der Waals surface area contributed by atoms with E-state index in [1.807, 2.05) is 38.1 Å². The number of carbonyl (C=O) groups excluding carboxylic acids is 2. The normalized spacial score (nSPS) is 13.0. The highest BCUT2D eigenvalue weighted by Gasteiger charge is 2.07. The molecule has 2 unspecified atom stereocenters. The summed E-state index contributed by atoms with van der Waals surface area (Å²) >= 11 is 0. The van der Waals surface area contributed by atoms with Gasteiger partial charge in [-0.3, -0.25) is 0 Å². The van der Waals surface area contributed by atoms with E-state index in [1.54, 1.807) is 12.2 Å². The van der Waals surface area contributed by atoms with Crippen LogP contribution in [-0.4, -0.2) is 25.2 Å². The summed E-state index contributed by atoms with van der Waals surface area (Å²) < 4.78 is 0. The molecule has 0 spiro atoms. The van der Waals surface area contributed by atoms with Gasteiger partial charge < -0.3 is 0 Å². The summed E-state index contributed by atoms with van der Waals surface area (Å²) in [5, 5.41) is 0. The van der Waals surface area contributed by atoms with Gasteiger partial charge in [0.25, 0.3) is 0 Å². The predicted molar refractivity (Wildman–Crippen MR) is 69.2 cm³/mol. The van der Waals surface area contributed by atoms with Gasteiger partial charge in [0.15, 0.2) is 0 Å². The molecule has 0 N–H and O–H groups in total. The summed E-state index contributed by atoms with van der Waals surface area (Å²) in [5.41, 5.74) is 2.26. The van der Waals surface area contributed by atoms with Crippen LogP contribution in [0.5, 0.6) is 0 Å². The maximum atomic E-state index is 10.1. The van der Waals surface area contributed by atoms with Crippen molar-refractivity contribution in [2.24, 2.45) is 9.98 Å². The smallest absolute Gasteiger partial charge is 0.211 e. The molecule has 0 heterocycles. The molecule has 0 saturated heterocycles. The van der Waals surface area contributed by atoms with E-state index in [-0.39, 0.29) is 11.8 Å². The number of aliphatic imine (C=N–C) groups is 2. The largest absolute Gasteiger partial charge is 0.234 e. The minimum Gasteiger partial charge on any atom is -0.211 e. The van der Waals surface area contributed by atoms with Crippen molar-refractivity contribution in [1.82, 2.24) is 0 Å². The number of hydrogen-bond acceptors (Lipinski definition) is 4. The van der Waals surface area contributed by atoms with Crippen LogP contribution in [0.1, 0.15) is 36.8 Å². The van der Waals surface area contributed by atoms with E-state index in [1.165, 1.54) is 0 Å². The minimum atomic E-state index is 0.198. The number of nitrogens with zero attached hydrogens (tertiary/aromatic N) is 2. The summed E-state index contributed by atoms with van der Waals surface area (Å²) in [5.74, 6) is 0.396. The first kappa shape index (κ1) is 14.0. The van der Waals surface area contributed by atoms with Gasteiger partial charge in [0.05, 0.1) is 13.1 Å². The summed E-state index contributed by atoms with van der Waals surface area (Å²) in [6.07, 6.45) is 3.09. The molecule has 0 fully saturated rings. The summed E-state index contributed by atoms with van der Waals surface area (Å²) in [4.78, 5) is 27.3. The van der Waals surface area contributed by atoms with E-state index in [0.717, 1.165) is 11.1 Å². The zero-order valence-electron chi connectivity index (χ0n) is 10.6. The van der Waals surface area contributed by atoms with Crippen LogP contribution in [0.2, 0.25) is 0 Å². The number of hydrogen-bond donors (Lipinski definition) is 0. The Morgan fingerprint density at radius 1 is 0.889 bits per heavy atom. The van der Waals surface area contributed by atoms with Crippen LogP contribution in [0.4, 0.5) is 0 Å². The van der Waals surface area contributed by atoms with Crippen molar-refractivity contribution in [2.75, 3.05) is 13.1 Å². The number of isocyanates is 2. The van der Waals surface area contributed by atoms with Gasteiger partial charge in [0.1, 0.15) is 0 Å². The Morgan fingerprint density at radius 2 is 1.22 bits per heavy atom. The summed E-state index contributed by atoms with van der Waals surface area (Å²) in [6.45, 7) is 4.92. The first-order valence-electron chi connectivity index (χ1n) is 5.86. The first-order chi connectivity index (χ1) is 8.69. The average Bonchev–Trinajstić information content (AvgIpc) is 2.42. The molecular weight excluding hydrogens is 228 g/mol. The van der Waals surface area contributed by atoms with Gasteiger partial charge in [-0.25, -0.2) is 19.6 Å². The van der Waals surface area contributed by atoms with E-state index in [0.29, 0.717) is 13.1 Å². The molecule has 0 saturated carbocycles. The lowest BCUT2D eigenvalue weighted by Gasteiger charge is -2.12. The van der Waals surface area contributed by atoms with Gasteiger partial charge in [-0.15, -0.1) is 0 Å².